The zero-order valence-corrected chi connectivity index (χ0v) is 12.4. The van der Waals surface area contributed by atoms with Gasteiger partial charge >= 0.3 is 6.03 Å². The lowest BCUT2D eigenvalue weighted by Crippen LogP contribution is -2.20. The number of hydrogen-bond acceptors (Lipinski definition) is 2. The minimum atomic E-state index is -0.370. The highest BCUT2D eigenvalue weighted by Gasteiger charge is 2.05. The number of pyridine rings is 1. The molecule has 1 aromatic carbocycles. The number of carbonyl (C=O) groups excluding carboxylic acids is 1. The lowest BCUT2D eigenvalue weighted by molar-refractivity contribution is 0.262. The summed E-state index contributed by atoms with van der Waals surface area (Å²) >= 11 is 9.30. The molecule has 2 rings (SSSR count). The van der Waals surface area contributed by atoms with Gasteiger partial charge in [0.1, 0.15) is 5.82 Å². The van der Waals surface area contributed by atoms with Crippen LogP contribution in [0.15, 0.2) is 41.0 Å². The Morgan fingerprint density at radius 1 is 1.26 bits per heavy atom. The smallest absolute Gasteiger partial charge is 0.308 e. The molecule has 0 spiro atoms. The molecular weight excluding hydrogens is 330 g/mol. The van der Waals surface area contributed by atoms with Crippen LogP contribution in [-0.2, 0) is 0 Å². The Bertz CT molecular complexity index is 619. The van der Waals surface area contributed by atoms with E-state index in [1.807, 2.05) is 13.0 Å². The summed E-state index contributed by atoms with van der Waals surface area (Å²) in [5, 5.41) is 5.93. The molecule has 4 nitrogen and oxygen atoms in total. The molecule has 2 aromatic rings. The van der Waals surface area contributed by atoms with E-state index >= 15 is 0 Å². The molecule has 0 unspecified atom stereocenters. The van der Waals surface area contributed by atoms with Crippen molar-refractivity contribution in [2.24, 2.45) is 0 Å². The molecule has 0 saturated carbocycles. The normalized spacial score (nSPS) is 10.1. The Hall–Kier alpha value is -1.59. The van der Waals surface area contributed by atoms with Gasteiger partial charge in [0.2, 0.25) is 0 Å². The quantitative estimate of drug-likeness (QED) is 0.848. The molecule has 0 aliphatic rings. The Labute approximate surface area is 124 Å². The number of anilines is 2. The monoisotopic (exact) mass is 339 g/mol. The summed E-state index contributed by atoms with van der Waals surface area (Å²) in [7, 11) is 0. The van der Waals surface area contributed by atoms with Crippen molar-refractivity contribution in [1.29, 1.82) is 0 Å². The van der Waals surface area contributed by atoms with Crippen LogP contribution in [0.1, 0.15) is 5.56 Å². The third-order valence-corrected chi connectivity index (χ3v) is 3.29. The second-order valence-corrected chi connectivity index (χ2v) is 5.23. The second-order valence-electron chi connectivity index (χ2n) is 3.90. The van der Waals surface area contributed by atoms with E-state index in [0.717, 1.165) is 10.0 Å². The number of aryl methyl sites for hydroxylation is 1. The summed E-state index contributed by atoms with van der Waals surface area (Å²) in [5.41, 5.74) is 1.59. The number of rotatable bonds is 2. The van der Waals surface area contributed by atoms with E-state index < -0.39 is 0 Å². The van der Waals surface area contributed by atoms with E-state index in [1.54, 1.807) is 30.5 Å². The van der Waals surface area contributed by atoms with Crippen LogP contribution in [0.5, 0.6) is 0 Å². The zero-order valence-electron chi connectivity index (χ0n) is 10.1. The van der Waals surface area contributed by atoms with Crippen LogP contribution in [0, 0.1) is 6.92 Å². The first-order chi connectivity index (χ1) is 9.04. The number of hydrogen-bond donors (Lipinski definition) is 2. The van der Waals surface area contributed by atoms with Gasteiger partial charge in [0.25, 0.3) is 0 Å². The molecule has 2 N–H and O–H groups in total. The van der Waals surface area contributed by atoms with Gasteiger partial charge in [-0.3, -0.25) is 5.32 Å². The van der Waals surface area contributed by atoms with Crippen LogP contribution in [0.25, 0.3) is 0 Å². The Morgan fingerprint density at radius 2 is 2.05 bits per heavy atom. The molecule has 0 bridgehead atoms. The summed E-state index contributed by atoms with van der Waals surface area (Å²) in [6.45, 7) is 1.90. The van der Waals surface area contributed by atoms with Crippen molar-refractivity contribution in [3.8, 4) is 0 Å². The molecule has 0 aliphatic carbocycles. The summed E-state index contributed by atoms with van der Waals surface area (Å²) in [6, 6.07) is 8.45. The first-order valence-electron chi connectivity index (χ1n) is 5.50. The fourth-order valence-electron chi connectivity index (χ4n) is 1.42. The van der Waals surface area contributed by atoms with Gasteiger partial charge in [-0.1, -0.05) is 33.6 Å². The van der Waals surface area contributed by atoms with E-state index in [2.05, 4.69) is 31.5 Å². The Morgan fingerprint density at radius 3 is 2.74 bits per heavy atom. The maximum atomic E-state index is 11.8. The average molecular weight is 341 g/mol. The Kier molecular flexibility index (Phi) is 4.39. The van der Waals surface area contributed by atoms with Gasteiger partial charge in [-0.25, -0.2) is 9.78 Å². The van der Waals surface area contributed by atoms with Gasteiger partial charge in [-0.15, -0.1) is 0 Å². The van der Waals surface area contributed by atoms with Crippen LogP contribution < -0.4 is 10.6 Å². The maximum absolute atomic E-state index is 11.8. The molecule has 98 valence electrons. The Balaban J connectivity index is 2.03. The molecule has 2 amide bonds. The zero-order chi connectivity index (χ0) is 13.8. The highest BCUT2D eigenvalue weighted by molar-refractivity contribution is 9.10. The number of nitrogens with zero attached hydrogens (tertiary/aromatic N) is 1. The van der Waals surface area contributed by atoms with Crippen LogP contribution in [-0.4, -0.2) is 11.0 Å². The second kappa shape index (κ2) is 6.04. The number of benzene rings is 1. The van der Waals surface area contributed by atoms with Gasteiger partial charge in [0.15, 0.2) is 0 Å². The predicted octanol–water partition coefficient (Wildman–Crippen LogP) is 4.45. The predicted molar refractivity (Wildman–Crippen MR) is 80.8 cm³/mol. The first-order valence-corrected chi connectivity index (χ1v) is 6.67. The third-order valence-electron chi connectivity index (χ3n) is 2.39. The number of urea groups is 1. The maximum Gasteiger partial charge on any atom is 0.324 e. The molecule has 6 heteroatoms. The van der Waals surface area contributed by atoms with E-state index in [9.17, 15) is 4.79 Å². The number of amides is 2. The van der Waals surface area contributed by atoms with Crippen molar-refractivity contribution in [3.05, 3.63) is 51.6 Å². The minimum absolute atomic E-state index is 0.370. The number of aromatic nitrogens is 1. The van der Waals surface area contributed by atoms with E-state index in [0.29, 0.717) is 16.5 Å². The topological polar surface area (TPSA) is 54.0 Å². The molecule has 0 fully saturated rings. The van der Waals surface area contributed by atoms with Crippen LogP contribution in [0.3, 0.4) is 0 Å². The standard InChI is InChI=1S/C13H11BrClN3O/c1-8-2-3-10(7-11(8)15)17-13(19)18-12-6-9(14)4-5-16-12/h2-7H,1H3,(H2,16,17,18,19). The van der Waals surface area contributed by atoms with Crippen molar-refractivity contribution < 1.29 is 4.79 Å². The SMILES string of the molecule is Cc1ccc(NC(=O)Nc2cc(Br)ccn2)cc1Cl. The largest absolute Gasteiger partial charge is 0.324 e. The van der Waals surface area contributed by atoms with Crippen molar-refractivity contribution in [3.63, 3.8) is 0 Å². The molecule has 0 radical (unpaired) electrons. The molecule has 19 heavy (non-hydrogen) atoms. The van der Waals surface area contributed by atoms with Gasteiger partial charge in [0.05, 0.1) is 0 Å². The number of halogens is 2. The van der Waals surface area contributed by atoms with Crippen molar-refractivity contribution >= 4 is 45.1 Å². The summed E-state index contributed by atoms with van der Waals surface area (Å²) in [6.07, 6.45) is 1.60. The van der Waals surface area contributed by atoms with Crippen LogP contribution in [0.2, 0.25) is 5.02 Å². The van der Waals surface area contributed by atoms with Crippen molar-refractivity contribution in [1.82, 2.24) is 4.98 Å². The molecular formula is C13H11BrClN3O. The number of nitrogens with one attached hydrogen (secondary N) is 2. The van der Waals surface area contributed by atoms with Gasteiger partial charge in [0, 0.05) is 21.4 Å². The van der Waals surface area contributed by atoms with Gasteiger partial charge < -0.3 is 5.32 Å². The number of carbonyl (C=O) groups is 1. The molecule has 0 atom stereocenters. The fraction of sp³-hybridized carbons (Fsp3) is 0.0769. The lowest BCUT2D eigenvalue weighted by atomic mass is 10.2. The highest BCUT2D eigenvalue weighted by Crippen LogP contribution is 2.20. The first kappa shape index (κ1) is 13.8. The molecule has 0 aliphatic heterocycles. The molecule has 1 aromatic heterocycles. The van der Waals surface area contributed by atoms with Crippen molar-refractivity contribution in [2.45, 2.75) is 6.92 Å². The molecule has 1 heterocycles. The minimum Gasteiger partial charge on any atom is -0.308 e. The van der Waals surface area contributed by atoms with E-state index in [-0.39, 0.29) is 6.03 Å². The summed E-state index contributed by atoms with van der Waals surface area (Å²) in [5.74, 6) is 0.463. The van der Waals surface area contributed by atoms with Crippen LogP contribution >= 0.6 is 27.5 Å². The van der Waals surface area contributed by atoms with Crippen molar-refractivity contribution in [2.75, 3.05) is 10.6 Å². The van der Waals surface area contributed by atoms with Gasteiger partial charge in [-0.2, -0.15) is 0 Å². The van der Waals surface area contributed by atoms with E-state index in [4.69, 9.17) is 11.6 Å². The summed E-state index contributed by atoms with van der Waals surface area (Å²) < 4.78 is 0.844. The lowest BCUT2D eigenvalue weighted by Gasteiger charge is -2.08. The highest BCUT2D eigenvalue weighted by atomic mass is 79.9. The van der Waals surface area contributed by atoms with E-state index in [1.165, 1.54) is 0 Å². The molecule has 0 saturated heterocycles. The van der Waals surface area contributed by atoms with Gasteiger partial charge in [-0.05, 0) is 36.8 Å². The average Bonchev–Trinajstić information content (AvgIpc) is 2.34. The third kappa shape index (κ3) is 3.94. The van der Waals surface area contributed by atoms with Crippen LogP contribution in [0.4, 0.5) is 16.3 Å². The summed E-state index contributed by atoms with van der Waals surface area (Å²) in [4.78, 5) is 15.8. The fourth-order valence-corrected chi connectivity index (χ4v) is 1.94.